The highest BCUT2D eigenvalue weighted by atomic mass is 16.4. The predicted octanol–water partition coefficient (Wildman–Crippen LogP) is 3.07. The molecule has 1 aliphatic rings. The number of amides is 1. The highest BCUT2D eigenvalue weighted by Crippen LogP contribution is 2.39. The largest absolute Gasteiger partial charge is 0.481 e. The summed E-state index contributed by atoms with van der Waals surface area (Å²) in [7, 11) is 0. The molecular weight excluding hydrogens is 254 g/mol. The lowest BCUT2D eigenvalue weighted by molar-refractivity contribution is -0.142. The average Bonchev–Trinajstić information content (AvgIpc) is 2.87. The van der Waals surface area contributed by atoms with E-state index in [1.54, 1.807) is 0 Å². The van der Waals surface area contributed by atoms with Crippen LogP contribution in [0.25, 0.3) is 0 Å². The molecule has 0 radical (unpaired) electrons. The van der Waals surface area contributed by atoms with Gasteiger partial charge in [0, 0.05) is 12.0 Å². The molecule has 1 atom stereocenters. The van der Waals surface area contributed by atoms with Crippen LogP contribution in [0.15, 0.2) is 0 Å². The minimum absolute atomic E-state index is 0.000550. The Labute approximate surface area is 122 Å². The Hall–Kier alpha value is -1.06. The summed E-state index contributed by atoms with van der Waals surface area (Å²) in [4.78, 5) is 23.6. The van der Waals surface area contributed by atoms with Crippen molar-refractivity contribution in [2.45, 2.75) is 59.8 Å². The van der Waals surface area contributed by atoms with Gasteiger partial charge in [-0.2, -0.15) is 0 Å². The van der Waals surface area contributed by atoms with Crippen LogP contribution in [0, 0.1) is 23.2 Å². The Kier molecular flexibility index (Phi) is 6.03. The molecule has 0 aliphatic heterocycles. The number of carboxylic acids is 1. The van der Waals surface area contributed by atoms with Gasteiger partial charge in [-0.25, -0.2) is 0 Å². The summed E-state index contributed by atoms with van der Waals surface area (Å²) >= 11 is 0. The maximum Gasteiger partial charge on any atom is 0.308 e. The number of hydrogen-bond donors (Lipinski definition) is 2. The molecule has 2 N–H and O–H groups in total. The van der Waals surface area contributed by atoms with Gasteiger partial charge in [-0.1, -0.05) is 40.5 Å². The SMILES string of the molecule is CC(C)CC(CNC(=O)C(C)(C)C1CCCC1)C(=O)O. The van der Waals surface area contributed by atoms with Gasteiger partial charge in [-0.3, -0.25) is 9.59 Å². The van der Waals surface area contributed by atoms with Crippen molar-refractivity contribution in [2.24, 2.45) is 23.2 Å². The highest BCUT2D eigenvalue weighted by Gasteiger charge is 2.38. The van der Waals surface area contributed by atoms with E-state index in [0.29, 0.717) is 18.3 Å². The zero-order valence-electron chi connectivity index (χ0n) is 13.2. The maximum absolute atomic E-state index is 12.4. The third-order valence-electron chi connectivity index (χ3n) is 4.58. The Bertz CT molecular complexity index is 344. The summed E-state index contributed by atoms with van der Waals surface area (Å²) in [5.74, 6) is -0.567. The molecule has 0 aromatic heterocycles. The standard InChI is InChI=1S/C16H29NO3/c1-11(2)9-12(14(18)19)10-17-15(20)16(3,4)13-7-5-6-8-13/h11-13H,5-10H2,1-4H3,(H,17,20)(H,18,19). The predicted molar refractivity (Wildman–Crippen MR) is 79.3 cm³/mol. The van der Waals surface area contributed by atoms with Crippen LogP contribution in [-0.2, 0) is 9.59 Å². The van der Waals surface area contributed by atoms with Crippen LogP contribution in [0.5, 0.6) is 0 Å². The third-order valence-corrected chi connectivity index (χ3v) is 4.58. The van der Waals surface area contributed by atoms with E-state index in [-0.39, 0.29) is 12.5 Å². The second kappa shape index (κ2) is 7.09. The lowest BCUT2D eigenvalue weighted by atomic mass is 9.77. The molecule has 1 rings (SSSR count). The van der Waals surface area contributed by atoms with Crippen LogP contribution in [0.3, 0.4) is 0 Å². The fourth-order valence-electron chi connectivity index (χ4n) is 3.12. The smallest absolute Gasteiger partial charge is 0.308 e. The van der Waals surface area contributed by atoms with E-state index in [4.69, 9.17) is 0 Å². The van der Waals surface area contributed by atoms with Crippen LogP contribution < -0.4 is 5.32 Å². The van der Waals surface area contributed by atoms with Crippen molar-refractivity contribution in [3.63, 3.8) is 0 Å². The zero-order chi connectivity index (χ0) is 15.3. The second-order valence-electron chi connectivity index (χ2n) is 7.08. The van der Waals surface area contributed by atoms with E-state index in [2.05, 4.69) is 5.32 Å². The number of carboxylic acid groups (broad SMARTS) is 1. The van der Waals surface area contributed by atoms with Crippen molar-refractivity contribution in [3.8, 4) is 0 Å². The van der Waals surface area contributed by atoms with E-state index in [1.807, 2.05) is 27.7 Å². The van der Waals surface area contributed by atoms with Crippen molar-refractivity contribution in [1.29, 1.82) is 0 Å². The van der Waals surface area contributed by atoms with Crippen molar-refractivity contribution >= 4 is 11.9 Å². The molecule has 1 saturated carbocycles. The minimum atomic E-state index is -0.822. The number of rotatable bonds is 7. The van der Waals surface area contributed by atoms with Crippen LogP contribution in [0.1, 0.15) is 59.8 Å². The summed E-state index contributed by atoms with van der Waals surface area (Å²) in [5, 5.41) is 12.1. The van der Waals surface area contributed by atoms with Gasteiger partial charge in [0.25, 0.3) is 0 Å². The van der Waals surface area contributed by atoms with Crippen molar-refractivity contribution < 1.29 is 14.7 Å². The summed E-state index contributed by atoms with van der Waals surface area (Å²) < 4.78 is 0. The van der Waals surface area contributed by atoms with Crippen LogP contribution in [0.4, 0.5) is 0 Å². The summed E-state index contributed by atoms with van der Waals surface area (Å²) in [5.41, 5.74) is -0.391. The molecule has 1 fully saturated rings. The molecule has 20 heavy (non-hydrogen) atoms. The Balaban J connectivity index is 2.53. The first-order valence-corrected chi connectivity index (χ1v) is 7.76. The molecule has 4 nitrogen and oxygen atoms in total. The van der Waals surface area contributed by atoms with Gasteiger partial charge in [0.15, 0.2) is 0 Å². The first-order valence-electron chi connectivity index (χ1n) is 7.76. The molecular formula is C16H29NO3. The average molecular weight is 283 g/mol. The Morgan fingerprint density at radius 3 is 2.25 bits per heavy atom. The molecule has 0 saturated heterocycles. The molecule has 0 aromatic carbocycles. The lowest BCUT2D eigenvalue weighted by Gasteiger charge is -2.30. The fraction of sp³-hybridized carbons (Fsp3) is 0.875. The number of carbonyl (C=O) groups is 2. The molecule has 4 heteroatoms. The molecule has 1 aliphatic carbocycles. The van der Waals surface area contributed by atoms with Gasteiger partial charge in [0.1, 0.15) is 0 Å². The third kappa shape index (κ3) is 4.50. The molecule has 0 spiro atoms. The normalized spacial score (nSPS) is 18.2. The monoisotopic (exact) mass is 283 g/mol. The van der Waals surface area contributed by atoms with Gasteiger partial charge in [-0.15, -0.1) is 0 Å². The highest BCUT2D eigenvalue weighted by molar-refractivity contribution is 5.82. The topological polar surface area (TPSA) is 66.4 Å². The molecule has 0 heterocycles. The lowest BCUT2D eigenvalue weighted by Crippen LogP contribution is -2.44. The number of aliphatic carboxylic acids is 1. The zero-order valence-corrected chi connectivity index (χ0v) is 13.2. The minimum Gasteiger partial charge on any atom is -0.481 e. The summed E-state index contributed by atoms with van der Waals surface area (Å²) in [6, 6.07) is 0. The second-order valence-corrected chi connectivity index (χ2v) is 7.08. The first-order chi connectivity index (χ1) is 9.25. The van der Waals surface area contributed by atoms with Crippen molar-refractivity contribution in [1.82, 2.24) is 5.32 Å². The molecule has 116 valence electrons. The van der Waals surface area contributed by atoms with Crippen LogP contribution in [-0.4, -0.2) is 23.5 Å². The van der Waals surface area contributed by atoms with Crippen molar-refractivity contribution in [2.75, 3.05) is 6.54 Å². The quantitative estimate of drug-likeness (QED) is 0.754. The van der Waals surface area contributed by atoms with E-state index in [1.165, 1.54) is 12.8 Å². The van der Waals surface area contributed by atoms with Crippen molar-refractivity contribution in [3.05, 3.63) is 0 Å². The first kappa shape index (κ1) is 17.0. The number of nitrogens with one attached hydrogen (secondary N) is 1. The summed E-state index contributed by atoms with van der Waals surface area (Å²) in [6.07, 6.45) is 5.21. The van der Waals surface area contributed by atoms with Crippen LogP contribution >= 0.6 is 0 Å². The van der Waals surface area contributed by atoms with E-state index in [9.17, 15) is 14.7 Å². The van der Waals surface area contributed by atoms with E-state index < -0.39 is 17.3 Å². The van der Waals surface area contributed by atoms with E-state index >= 15 is 0 Å². The van der Waals surface area contributed by atoms with Gasteiger partial charge >= 0.3 is 5.97 Å². The fourth-order valence-corrected chi connectivity index (χ4v) is 3.12. The number of carbonyl (C=O) groups excluding carboxylic acids is 1. The maximum atomic E-state index is 12.4. The van der Waals surface area contributed by atoms with Gasteiger partial charge in [-0.05, 0) is 31.1 Å². The number of hydrogen-bond acceptors (Lipinski definition) is 2. The Morgan fingerprint density at radius 2 is 1.80 bits per heavy atom. The van der Waals surface area contributed by atoms with Gasteiger partial charge < -0.3 is 10.4 Å². The summed E-state index contributed by atoms with van der Waals surface area (Å²) in [6.45, 7) is 8.20. The molecule has 0 bridgehead atoms. The molecule has 1 amide bonds. The molecule has 0 aromatic rings. The Morgan fingerprint density at radius 1 is 1.25 bits per heavy atom. The van der Waals surface area contributed by atoms with E-state index in [0.717, 1.165) is 12.8 Å². The van der Waals surface area contributed by atoms with Crippen LogP contribution in [0.2, 0.25) is 0 Å². The van der Waals surface area contributed by atoms with Gasteiger partial charge in [0.05, 0.1) is 5.92 Å². The van der Waals surface area contributed by atoms with Gasteiger partial charge in [0.2, 0.25) is 5.91 Å². The molecule has 1 unspecified atom stereocenters.